The standard InChI is InChI=1S/C16H22ClN3O/c17-14-3-1-2-4-15(14)19-7-9-20(10-8-19)16(21)11-13-5-6-18-12-13/h1-4,13,18H,5-12H2. The molecule has 1 unspecified atom stereocenters. The fourth-order valence-electron chi connectivity index (χ4n) is 3.17. The van der Waals surface area contributed by atoms with Gasteiger partial charge < -0.3 is 15.1 Å². The van der Waals surface area contributed by atoms with Crippen molar-refractivity contribution in [2.24, 2.45) is 5.92 Å². The zero-order chi connectivity index (χ0) is 14.7. The molecule has 0 radical (unpaired) electrons. The van der Waals surface area contributed by atoms with Crippen LogP contribution < -0.4 is 10.2 Å². The molecule has 1 aromatic carbocycles. The van der Waals surface area contributed by atoms with Crippen LogP contribution in [-0.4, -0.2) is 50.1 Å². The summed E-state index contributed by atoms with van der Waals surface area (Å²) in [7, 11) is 0. The van der Waals surface area contributed by atoms with Gasteiger partial charge in [0.1, 0.15) is 0 Å². The SMILES string of the molecule is O=C(CC1CCNC1)N1CCN(c2ccccc2Cl)CC1. The predicted octanol–water partition coefficient (Wildman–Crippen LogP) is 1.99. The highest BCUT2D eigenvalue weighted by Crippen LogP contribution is 2.26. The second kappa shape index (κ2) is 6.67. The van der Waals surface area contributed by atoms with Gasteiger partial charge in [0.15, 0.2) is 0 Å². The fraction of sp³-hybridized carbons (Fsp3) is 0.562. The molecule has 2 fully saturated rings. The number of nitrogens with zero attached hydrogens (tertiary/aromatic N) is 2. The van der Waals surface area contributed by atoms with Gasteiger partial charge >= 0.3 is 0 Å². The monoisotopic (exact) mass is 307 g/mol. The second-order valence-electron chi connectivity index (χ2n) is 5.88. The minimum Gasteiger partial charge on any atom is -0.367 e. The van der Waals surface area contributed by atoms with E-state index in [1.165, 1.54) is 0 Å². The highest BCUT2D eigenvalue weighted by Gasteiger charge is 2.25. The van der Waals surface area contributed by atoms with E-state index < -0.39 is 0 Å². The van der Waals surface area contributed by atoms with Crippen molar-refractivity contribution in [2.45, 2.75) is 12.8 Å². The molecule has 2 aliphatic heterocycles. The zero-order valence-electron chi connectivity index (χ0n) is 12.2. The number of hydrogen-bond acceptors (Lipinski definition) is 3. The molecule has 2 heterocycles. The molecule has 21 heavy (non-hydrogen) atoms. The average Bonchev–Trinajstić information content (AvgIpc) is 3.01. The molecule has 3 rings (SSSR count). The number of piperazine rings is 1. The summed E-state index contributed by atoms with van der Waals surface area (Å²) >= 11 is 6.24. The van der Waals surface area contributed by atoms with Crippen LogP contribution in [0.25, 0.3) is 0 Å². The smallest absolute Gasteiger partial charge is 0.223 e. The highest BCUT2D eigenvalue weighted by atomic mass is 35.5. The van der Waals surface area contributed by atoms with E-state index in [1.807, 2.05) is 29.2 Å². The number of carbonyl (C=O) groups excluding carboxylic acids is 1. The second-order valence-corrected chi connectivity index (χ2v) is 6.29. The van der Waals surface area contributed by atoms with Gasteiger partial charge in [-0.1, -0.05) is 23.7 Å². The number of benzene rings is 1. The van der Waals surface area contributed by atoms with Gasteiger partial charge in [-0.3, -0.25) is 4.79 Å². The van der Waals surface area contributed by atoms with Crippen LogP contribution in [0.1, 0.15) is 12.8 Å². The van der Waals surface area contributed by atoms with Crippen LogP contribution in [0.2, 0.25) is 5.02 Å². The van der Waals surface area contributed by atoms with E-state index in [2.05, 4.69) is 10.2 Å². The molecule has 1 N–H and O–H groups in total. The van der Waals surface area contributed by atoms with Crippen molar-refractivity contribution >= 4 is 23.2 Å². The third kappa shape index (κ3) is 3.50. The van der Waals surface area contributed by atoms with Crippen molar-refractivity contribution < 1.29 is 4.79 Å². The Kier molecular flexibility index (Phi) is 4.66. The number of anilines is 1. The summed E-state index contributed by atoms with van der Waals surface area (Å²) in [6, 6.07) is 7.92. The van der Waals surface area contributed by atoms with Crippen LogP contribution >= 0.6 is 11.6 Å². The van der Waals surface area contributed by atoms with Gasteiger partial charge in [-0.25, -0.2) is 0 Å². The number of halogens is 1. The first-order valence-corrected chi connectivity index (χ1v) is 8.10. The van der Waals surface area contributed by atoms with Crippen LogP contribution in [0.3, 0.4) is 0 Å². The summed E-state index contributed by atoms with van der Waals surface area (Å²) in [6.07, 6.45) is 1.82. The maximum atomic E-state index is 12.3. The molecule has 0 saturated carbocycles. The number of carbonyl (C=O) groups is 1. The molecule has 1 atom stereocenters. The Balaban J connectivity index is 1.52. The number of para-hydroxylation sites is 1. The lowest BCUT2D eigenvalue weighted by molar-refractivity contribution is -0.132. The topological polar surface area (TPSA) is 35.6 Å². The molecular weight excluding hydrogens is 286 g/mol. The first-order chi connectivity index (χ1) is 10.2. The Morgan fingerprint density at radius 1 is 1.24 bits per heavy atom. The Morgan fingerprint density at radius 2 is 2.00 bits per heavy atom. The van der Waals surface area contributed by atoms with Crippen molar-refractivity contribution in [3.05, 3.63) is 29.3 Å². The van der Waals surface area contributed by atoms with Crippen LogP contribution in [0.15, 0.2) is 24.3 Å². The van der Waals surface area contributed by atoms with E-state index in [1.54, 1.807) is 0 Å². The van der Waals surface area contributed by atoms with Gasteiger partial charge in [-0.05, 0) is 37.6 Å². The van der Waals surface area contributed by atoms with E-state index in [-0.39, 0.29) is 0 Å². The largest absolute Gasteiger partial charge is 0.367 e. The Hall–Kier alpha value is -1.26. The normalized spacial score (nSPS) is 22.6. The molecule has 0 aromatic heterocycles. The summed E-state index contributed by atoms with van der Waals surface area (Å²) in [4.78, 5) is 16.6. The molecule has 4 nitrogen and oxygen atoms in total. The molecule has 0 bridgehead atoms. The van der Waals surface area contributed by atoms with Crippen LogP contribution in [0.5, 0.6) is 0 Å². The van der Waals surface area contributed by atoms with Gasteiger partial charge in [-0.15, -0.1) is 0 Å². The average molecular weight is 308 g/mol. The maximum absolute atomic E-state index is 12.3. The minimum atomic E-state index is 0.308. The van der Waals surface area contributed by atoms with Crippen LogP contribution in [0.4, 0.5) is 5.69 Å². The molecule has 1 aromatic rings. The lowest BCUT2D eigenvalue weighted by atomic mass is 10.0. The molecule has 0 spiro atoms. The maximum Gasteiger partial charge on any atom is 0.223 e. The lowest BCUT2D eigenvalue weighted by Gasteiger charge is -2.36. The summed E-state index contributed by atoms with van der Waals surface area (Å²) in [5, 5.41) is 4.11. The fourth-order valence-corrected chi connectivity index (χ4v) is 3.42. The van der Waals surface area contributed by atoms with E-state index >= 15 is 0 Å². The van der Waals surface area contributed by atoms with Crippen molar-refractivity contribution in [3.63, 3.8) is 0 Å². The number of nitrogens with one attached hydrogen (secondary N) is 1. The van der Waals surface area contributed by atoms with Gasteiger partial charge in [-0.2, -0.15) is 0 Å². The lowest BCUT2D eigenvalue weighted by Crippen LogP contribution is -2.49. The molecule has 114 valence electrons. The van der Waals surface area contributed by atoms with Gasteiger partial charge in [0, 0.05) is 32.6 Å². The van der Waals surface area contributed by atoms with Crippen LogP contribution in [-0.2, 0) is 4.79 Å². The zero-order valence-corrected chi connectivity index (χ0v) is 13.0. The number of rotatable bonds is 3. The van der Waals surface area contributed by atoms with Crippen molar-refractivity contribution in [1.82, 2.24) is 10.2 Å². The number of amides is 1. The predicted molar refractivity (Wildman–Crippen MR) is 85.8 cm³/mol. The van der Waals surface area contributed by atoms with Crippen molar-refractivity contribution in [3.8, 4) is 0 Å². The summed E-state index contributed by atoms with van der Waals surface area (Å²) in [5.74, 6) is 0.835. The molecule has 2 saturated heterocycles. The Labute approximate surface area is 131 Å². The van der Waals surface area contributed by atoms with E-state index in [4.69, 9.17) is 11.6 Å². The molecule has 2 aliphatic rings. The van der Waals surface area contributed by atoms with Crippen molar-refractivity contribution in [1.29, 1.82) is 0 Å². The first kappa shape index (κ1) is 14.7. The van der Waals surface area contributed by atoms with Gasteiger partial charge in [0.25, 0.3) is 0 Å². The highest BCUT2D eigenvalue weighted by molar-refractivity contribution is 6.33. The number of hydrogen-bond donors (Lipinski definition) is 1. The summed E-state index contributed by atoms with van der Waals surface area (Å²) in [6.45, 7) is 5.36. The minimum absolute atomic E-state index is 0.308. The van der Waals surface area contributed by atoms with E-state index in [0.29, 0.717) is 18.2 Å². The summed E-state index contributed by atoms with van der Waals surface area (Å²) in [5.41, 5.74) is 1.08. The van der Waals surface area contributed by atoms with Gasteiger partial charge in [0.05, 0.1) is 10.7 Å². The van der Waals surface area contributed by atoms with Crippen molar-refractivity contribution in [2.75, 3.05) is 44.2 Å². The Morgan fingerprint density at radius 3 is 2.67 bits per heavy atom. The van der Waals surface area contributed by atoms with Gasteiger partial charge in [0.2, 0.25) is 5.91 Å². The molecular formula is C16H22ClN3O. The Bertz CT molecular complexity index is 494. The molecule has 1 amide bonds. The quantitative estimate of drug-likeness (QED) is 0.927. The summed E-state index contributed by atoms with van der Waals surface area (Å²) < 4.78 is 0. The molecule has 0 aliphatic carbocycles. The first-order valence-electron chi connectivity index (χ1n) is 7.72. The third-order valence-corrected chi connectivity index (χ3v) is 4.77. The molecule has 5 heteroatoms. The van der Waals surface area contributed by atoms with E-state index in [9.17, 15) is 4.79 Å². The van der Waals surface area contributed by atoms with E-state index in [0.717, 1.165) is 56.4 Å². The third-order valence-electron chi connectivity index (χ3n) is 4.45. The van der Waals surface area contributed by atoms with Crippen LogP contribution in [0, 0.1) is 5.92 Å².